The molecule has 2 aromatic rings. The molecule has 0 aromatic heterocycles. The molecule has 166 valence electrons. The molecular formula is C26H34N2O3. The lowest BCUT2D eigenvalue weighted by Gasteiger charge is -2.31. The van der Waals surface area contributed by atoms with Gasteiger partial charge in [0.05, 0.1) is 0 Å². The highest BCUT2D eigenvalue weighted by Gasteiger charge is 2.28. The van der Waals surface area contributed by atoms with Crippen LogP contribution >= 0.6 is 0 Å². The Labute approximate surface area is 185 Å². The highest BCUT2D eigenvalue weighted by Crippen LogP contribution is 2.21. The molecule has 0 saturated heterocycles. The fourth-order valence-corrected chi connectivity index (χ4v) is 4.03. The minimum absolute atomic E-state index is 0.0945. The number of hydrogen-bond donors (Lipinski definition) is 1. The summed E-state index contributed by atoms with van der Waals surface area (Å²) in [7, 11) is 0. The van der Waals surface area contributed by atoms with Crippen molar-refractivity contribution in [3.05, 3.63) is 65.2 Å². The predicted molar refractivity (Wildman–Crippen MR) is 123 cm³/mol. The Morgan fingerprint density at radius 3 is 2.45 bits per heavy atom. The van der Waals surface area contributed by atoms with Gasteiger partial charge >= 0.3 is 0 Å². The molecule has 1 saturated carbocycles. The second-order valence-corrected chi connectivity index (χ2v) is 8.51. The summed E-state index contributed by atoms with van der Waals surface area (Å²) in [6, 6.07) is 15.2. The van der Waals surface area contributed by atoms with Crippen molar-refractivity contribution in [3.8, 4) is 5.75 Å². The topological polar surface area (TPSA) is 58.6 Å². The van der Waals surface area contributed by atoms with E-state index in [0.29, 0.717) is 12.3 Å². The number of carbonyl (C=O) groups excluding carboxylic acids is 2. The second kappa shape index (κ2) is 11.0. The molecular weight excluding hydrogens is 388 g/mol. The van der Waals surface area contributed by atoms with Gasteiger partial charge in [-0.1, -0.05) is 61.7 Å². The van der Waals surface area contributed by atoms with Crippen LogP contribution in [0.2, 0.25) is 0 Å². The van der Waals surface area contributed by atoms with E-state index in [1.54, 1.807) is 11.8 Å². The van der Waals surface area contributed by atoms with E-state index in [0.717, 1.165) is 42.4 Å². The van der Waals surface area contributed by atoms with Gasteiger partial charge < -0.3 is 15.0 Å². The van der Waals surface area contributed by atoms with Crippen molar-refractivity contribution in [3.63, 3.8) is 0 Å². The number of carbonyl (C=O) groups is 2. The summed E-state index contributed by atoms with van der Waals surface area (Å²) in [5.74, 6) is 0.409. The number of benzene rings is 2. The van der Waals surface area contributed by atoms with Crippen molar-refractivity contribution >= 4 is 11.8 Å². The Bertz CT molecular complexity index is 875. The van der Waals surface area contributed by atoms with Gasteiger partial charge in [-0.25, -0.2) is 0 Å². The first kappa shape index (κ1) is 22.9. The van der Waals surface area contributed by atoms with Gasteiger partial charge in [-0.3, -0.25) is 9.59 Å². The molecule has 2 aromatic carbocycles. The maximum atomic E-state index is 13.2. The Morgan fingerprint density at radius 1 is 1.03 bits per heavy atom. The first-order valence-electron chi connectivity index (χ1n) is 11.3. The lowest BCUT2D eigenvalue weighted by atomic mass is 9.95. The summed E-state index contributed by atoms with van der Waals surface area (Å²) in [6.07, 6.45) is 5.56. The zero-order valence-corrected chi connectivity index (χ0v) is 18.9. The number of hydrogen-bond acceptors (Lipinski definition) is 3. The lowest BCUT2D eigenvalue weighted by Crippen LogP contribution is -2.51. The molecule has 1 N–H and O–H groups in total. The van der Waals surface area contributed by atoms with Gasteiger partial charge in [0.25, 0.3) is 5.91 Å². The highest BCUT2D eigenvalue weighted by atomic mass is 16.5. The normalized spacial score (nSPS) is 15.2. The van der Waals surface area contributed by atoms with Crippen LogP contribution in [0.3, 0.4) is 0 Å². The maximum absolute atomic E-state index is 13.2. The Morgan fingerprint density at radius 2 is 1.74 bits per heavy atom. The first-order valence-corrected chi connectivity index (χ1v) is 11.3. The van der Waals surface area contributed by atoms with E-state index >= 15 is 0 Å². The monoisotopic (exact) mass is 422 g/mol. The third kappa shape index (κ3) is 6.33. The van der Waals surface area contributed by atoms with Crippen molar-refractivity contribution in [2.75, 3.05) is 6.61 Å². The summed E-state index contributed by atoms with van der Waals surface area (Å²) in [5, 5.41) is 3.16. The van der Waals surface area contributed by atoms with Crippen LogP contribution < -0.4 is 10.1 Å². The molecule has 0 unspecified atom stereocenters. The van der Waals surface area contributed by atoms with E-state index in [9.17, 15) is 9.59 Å². The van der Waals surface area contributed by atoms with Gasteiger partial charge in [0.1, 0.15) is 11.8 Å². The standard InChI is InChI=1S/C26H34N2O3/c1-19-11-10-16-24(20(19)2)31-18-25(29)28(17-22-12-6-4-7-13-22)21(3)26(30)27-23-14-8-5-9-15-23/h4,6-7,10-13,16,21,23H,5,8-9,14-15,17-18H2,1-3H3,(H,27,30)/t21-/m0/s1. The average molecular weight is 423 g/mol. The first-order chi connectivity index (χ1) is 15.0. The van der Waals surface area contributed by atoms with Gasteiger partial charge in [0, 0.05) is 12.6 Å². The molecule has 31 heavy (non-hydrogen) atoms. The number of aryl methyl sites for hydroxylation is 1. The van der Waals surface area contributed by atoms with Gasteiger partial charge in [-0.2, -0.15) is 0 Å². The van der Waals surface area contributed by atoms with Crippen LogP contribution in [0.25, 0.3) is 0 Å². The number of ether oxygens (including phenoxy) is 1. The van der Waals surface area contributed by atoms with E-state index in [-0.39, 0.29) is 24.5 Å². The SMILES string of the molecule is Cc1cccc(OCC(=O)N(Cc2ccccc2)[C@@H](C)C(=O)NC2CCCCC2)c1C. The van der Waals surface area contributed by atoms with Gasteiger partial charge in [0.2, 0.25) is 5.91 Å². The Kier molecular flexibility index (Phi) is 8.10. The molecule has 0 radical (unpaired) electrons. The van der Waals surface area contributed by atoms with Crippen LogP contribution in [0.4, 0.5) is 0 Å². The molecule has 2 amide bonds. The molecule has 0 spiro atoms. The fraction of sp³-hybridized carbons (Fsp3) is 0.462. The predicted octanol–water partition coefficient (Wildman–Crippen LogP) is 4.55. The van der Waals surface area contributed by atoms with Crippen LogP contribution in [0.1, 0.15) is 55.7 Å². The third-order valence-electron chi connectivity index (χ3n) is 6.22. The Balaban J connectivity index is 1.70. The smallest absolute Gasteiger partial charge is 0.261 e. The van der Waals surface area contributed by atoms with Crippen LogP contribution in [0.15, 0.2) is 48.5 Å². The molecule has 0 bridgehead atoms. The summed E-state index contributed by atoms with van der Waals surface area (Å²) in [4.78, 5) is 27.8. The van der Waals surface area contributed by atoms with Gasteiger partial charge in [-0.15, -0.1) is 0 Å². The molecule has 1 aliphatic rings. The molecule has 0 heterocycles. The van der Waals surface area contributed by atoms with E-state index in [2.05, 4.69) is 5.32 Å². The van der Waals surface area contributed by atoms with E-state index in [1.165, 1.54) is 6.42 Å². The van der Waals surface area contributed by atoms with Crippen molar-refractivity contribution in [1.29, 1.82) is 0 Å². The molecule has 1 fully saturated rings. The number of nitrogens with one attached hydrogen (secondary N) is 1. The Hall–Kier alpha value is -2.82. The van der Waals surface area contributed by atoms with Crippen molar-refractivity contribution < 1.29 is 14.3 Å². The second-order valence-electron chi connectivity index (χ2n) is 8.51. The van der Waals surface area contributed by atoms with Crippen LogP contribution in [-0.2, 0) is 16.1 Å². The van der Waals surface area contributed by atoms with Gasteiger partial charge in [0.15, 0.2) is 6.61 Å². The minimum atomic E-state index is -0.572. The van der Waals surface area contributed by atoms with Crippen molar-refractivity contribution in [2.24, 2.45) is 0 Å². The summed E-state index contributed by atoms with van der Waals surface area (Å²) < 4.78 is 5.86. The average Bonchev–Trinajstić information content (AvgIpc) is 2.79. The molecule has 3 rings (SSSR count). The third-order valence-corrected chi connectivity index (χ3v) is 6.22. The van der Waals surface area contributed by atoms with Gasteiger partial charge in [-0.05, 0) is 56.4 Å². The zero-order valence-electron chi connectivity index (χ0n) is 18.9. The van der Waals surface area contributed by atoms with Crippen molar-refractivity contribution in [2.45, 2.75) is 71.5 Å². The van der Waals surface area contributed by atoms with Crippen molar-refractivity contribution in [1.82, 2.24) is 10.2 Å². The quantitative estimate of drug-likeness (QED) is 0.679. The number of nitrogens with zero attached hydrogens (tertiary/aromatic N) is 1. The highest BCUT2D eigenvalue weighted by molar-refractivity contribution is 5.88. The minimum Gasteiger partial charge on any atom is -0.483 e. The molecule has 1 atom stereocenters. The fourth-order valence-electron chi connectivity index (χ4n) is 4.03. The number of amides is 2. The zero-order chi connectivity index (χ0) is 22.2. The number of rotatable bonds is 8. The van der Waals surface area contributed by atoms with Crippen LogP contribution in [0.5, 0.6) is 5.75 Å². The van der Waals surface area contributed by atoms with E-state index in [1.807, 2.05) is 62.4 Å². The lowest BCUT2D eigenvalue weighted by molar-refractivity contribution is -0.142. The molecule has 1 aliphatic carbocycles. The van der Waals surface area contributed by atoms with E-state index < -0.39 is 6.04 Å². The summed E-state index contributed by atoms with van der Waals surface area (Å²) in [6.45, 7) is 6.07. The summed E-state index contributed by atoms with van der Waals surface area (Å²) in [5.41, 5.74) is 3.12. The van der Waals surface area contributed by atoms with Crippen LogP contribution in [-0.4, -0.2) is 35.4 Å². The largest absolute Gasteiger partial charge is 0.483 e. The van der Waals surface area contributed by atoms with E-state index in [4.69, 9.17) is 4.74 Å². The molecule has 0 aliphatic heterocycles. The van der Waals surface area contributed by atoms with Crippen LogP contribution in [0, 0.1) is 13.8 Å². The molecule has 5 heteroatoms. The maximum Gasteiger partial charge on any atom is 0.261 e. The summed E-state index contributed by atoms with van der Waals surface area (Å²) >= 11 is 0. The molecule has 5 nitrogen and oxygen atoms in total.